The molecule has 0 aromatic carbocycles. The Labute approximate surface area is 62.0 Å². The average molecular weight is 158 g/mol. The van der Waals surface area contributed by atoms with E-state index in [1.54, 1.807) is 0 Å². The summed E-state index contributed by atoms with van der Waals surface area (Å²) in [4.78, 5) is 0. The number of rotatable bonds is 4. The molecular weight excluding hydrogens is 145 g/mol. The zero-order chi connectivity index (χ0) is 5.54. The van der Waals surface area contributed by atoms with Gasteiger partial charge in [0.25, 0.3) is 0 Å². The standard InChI is InChI=1S/C5H12ClN.ClH/c6-4-2-1-3-5-7;/h1-5,7H2;1H. The summed E-state index contributed by atoms with van der Waals surface area (Å²) in [6, 6.07) is 0. The number of alkyl halides is 1. The van der Waals surface area contributed by atoms with Crippen molar-refractivity contribution in [2.45, 2.75) is 19.3 Å². The van der Waals surface area contributed by atoms with Gasteiger partial charge in [-0.05, 0) is 19.4 Å². The van der Waals surface area contributed by atoms with E-state index >= 15 is 0 Å². The first-order valence-corrected chi connectivity index (χ1v) is 3.21. The highest BCUT2D eigenvalue weighted by Gasteiger charge is 1.81. The lowest BCUT2D eigenvalue weighted by atomic mass is 10.3. The quantitative estimate of drug-likeness (QED) is 0.489. The van der Waals surface area contributed by atoms with Gasteiger partial charge in [-0.2, -0.15) is 0 Å². The van der Waals surface area contributed by atoms with Crippen molar-refractivity contribution in [3.63, 3.8) is 0 Å². The van der Waals surface area contributed by atoms with Gasteiger partial charge in [0.1, 0.15) is 0 Å². The molecule has 0 amide bonds. The maximum absolute atomic E-state index is 5.40. The monoisotopic (exact) mass is 157 g/mol. The van der Waals surface area contributed by atoms with Gasteiger partial charge in [0, 0.05) is 5.88 Å². The van der Waals surface area contributed by atoms with Crippen molar-refractivity contribution in [2.24, 2.45) is 5.73 Å². The van der Waals surface area contributed by atoms with E-state index < -0.39 is 0 Å². The lowest BCUT2D eigenvalue weighted by Crippen LogP contribution is -1.97. The van der Waals surface area contributed by atoms with Crippen LogP contribution < -0.4 is 5.73 Å². The minimum atomic E-state index is 0. The van der Waals surface area contributed by atoms with Crippen LogP contribution in [0.3, 0.4) is 0 Å². The summed E-state index contributed by atoms with van der Waals surface area (Å²) >= 11 is 5.40. The fourth-order valence-electron chi connectivity index (χ4n) is 0.416. The number of hydrogen-bond donors (Lipinski definition) is 1. The summed E-state index contributed by atoms with van der Waals surface area (Å²) in [7, 11) is 0. The second kappa shape index (κ2) is 10.5. The van der Waals surface area contributed by atoms with Crippen LogP contribution in [0.4, 0.5) is 0 Å². The van der Waals surface area contributed by atoms with Gasteiger partial charge in [-0.3, -0.25) is 0 Å². The molecule has 0 unspecified atom stereocenters. The van der Waals surface area contributed by atoms with Gasteiger partial charge in [-0.15, -0.1) is 24.0 Å². The van der Waals surface area contributed by atoms with Crippen LogP contribution in [0.2, 0.25) is 0 Å². The number of unbranched alkanes of at least 4 members (excludes halogenated alkanes) is 2. The molecule has 0 saturated carbocycles. The topological polar surface area (TPSA) is 26.0 Å². The lowest BCUT2D eigenvalue weighted by molar-refractivity contribution is 0.730. The third-order valence-corrected chi connectivity index (χ3v) is 1.11. The fraction of sp³-hybridized carbons (Fsp3) is 1.00. The molecule has 0 bridgehead atoms. The van der Waals surface area contributed by atoms with Crippen LogP contribution in [0.1, 0.15) is 19.3 Å². The molecule has 0 aliphatic heterocycles. The van der Waals surface area contributed by atoms with Crippen molar-refractivity contribution in [2.75, 3.05) is 12.4 Å². The summed E-state index contributed by atoms with van der Waals surface area (Å²) in [6.45, 7) is 0.802. The zero-order valence-electron chi connectivity index (χ0n) is 4.90. The minimum absolute atomic E-state index is 0. The van der Waals surface area contributed by atoms with E-state index in [0.717, 1.165) is 25.3 Å². The molecule has 1 nitrogen and oxygen atoms in total. The highest BCUT2D eigenvalue weighted by molar-refractivity contribution is 6.17. The van der Waals surface area contributed by atoms with Gasteiger partial charge in [0.2, 0.25) is 0 Å². The summed E-state index contributed by atoms with van der Waals surface area (Å²) in [5, 5.41) is 0. The normalized spacial score (nSPS) is 8.25. The van der Waals surface area contributed by atoms with E-state index in [1.807, 2.05) is 0 Å². The van der Waals surface area contributed by atoms with Gasteiger partial charge in [0.15, 0.2) is 0 Å². The van der Waals surface area contributed by atoms with Crippen molar-refractivity contribution in [1.82, 2.24) is 0 Å². The molecule has 0 radical (unpaired) electrons. The Morgan fingerprint density at radius 2 is 1.75 bits per heavy atom. The molecule has 0 heterocycles. The van der Waals surface area contributed by atoms with Gasteiger partial charge >= 0.3 is 0 Å². The number of halogens is 2. The van der Waals surface area contributed by atoms with Crippen molar-refractivity contribution in [3.8, 4) is 0 Å². The highest BCUT2D eigenvalue weighted by Crippen LogP contribution is 1.93. The first kappa shape index (κ1) is 11.4. The third kappa shape index (κ3) is 9.74. The first-order chi connectivity index (χ1) is 3.41. The van der Waals surface area contributed by atoms with E-state index in [4.69, 9.17) is 17.3 Å². The predicted molar refractivity (Wildman–Crippen MR) is 40.9 cm³/mol. The van der Waals surface area contributed by atoms with Crippen LogP contribution in [0.15, 0.2) is 0 Å². The average Bonchev–Trinajstić information content (AvgIpc) is 1.69. The van der Waals surface area contributed by atoms with E-state index in [1.165, 1.54) is 6.42 Å². The summed E-state index contributed by atoms with van der Waals surface area (Å²) in [5.41, 5.74) is 5.23. The van der Waals surface area contributed by atoms with Crippen LogP contribution in [-0.2, 0) is 0 Å². The third-order valence-electron chi connectivity index (χ3n) is 0.838. The van der Waals surface area contributed by atoms with Gasteiger partial charge in [-0.25, -0.2) is 0 Å². The Hall–Kier alpha value is 0.540. The Bertz CT molecular complexity index is 29.6. The second-order valence-electron chi connectivity index (χ2n) is 1.54. The lowest BCUT2D eigenvalue weighted by Gasteiger charge is -1.89. The molecule has 0 aromatic heterocycles. The molecule has 0 aromatic rings. The molecule has 0 saturated heterocycles. The van der Waals surface area contributed by atoms with Gasteiger partial charge < -0.3 is 5.73 Å². The zero-order valence-corrected chi connectivity index (χ0v) is 6.47. The van der Waals surface area contributed by atoms with E-state index in [9.17, 15) is 0 Å². The Balaban J connectivity index is 0. The van der Waals surface area contributed by atoms with E-state index in [2.05, 4.69) is 0 Å². The Morgan fingerprint density at radius 1 is 1.12 bits per heavy atom. The molecule has 0 rings (SSSR count). The molecular formula is C5H13Cl2N. The van der Waals surface area contributed by atoms with Gasteiger partial charge in [-0.1, -0.05) is 6.42 Å². The molecule has 52 valence electrons. The minimum Gasteiger partial charge on any atom is -0.330 e. The SMILES string of the molecule is Cl.NCCCCCCl. The molecule has 8 heavy (non-hydrogen) atoms. The summed E-state index contributed by atoms with van der Waals surface area (Å²) in [6.07, 6.45) is 3.41. The molecule has 2 N–H and O–H groups in total. The van der Waals surface area contributed by atoms with Crippen LogP contribution >= 0.6 is 24.0 Å². The molecule has 0 spiro atoms. The summed E-state index contributed by atoms with van der Waals surface area (Å²) in [5.74, 6) is 0.778. The molecule has 0 fully saturated rings. The number of hydrogen-bond acceptors (Lipinski definition) is 1. The van der Waals surface area contributed by atoms with Crippen LogP contribution in [0.5, 0.6) is 0 Å². The smallest absolute Gasteiger partial charge is 0.0223 e. The van der Waals surface area contributed by atoms with Crippen LogP contribution in [0, 0.1) is 0 Å². The fourth-order valence-corrected chi connectivity index (χ4v) is 0.605. The molecule has 0 aliphatic rings. The van der Waals surface area contributed by atoms with Crippen LogP contribution in [-0.4, -0.2) is 12.4 Å². The predicted octanol–water partition coefficient (Wildman–Crippen LogP) is 1.78. The summed E-state index contributed by atoms with van der Waals surface area (Å²) < 4.78 is 0. The van der Waals surface area contributed by atoms with Crippen LogP contribution in [0.25, 0.3) is 0 Å². The van der Waals surface area contributed by atoms with Gasteiger partial charge in [0.05, 0.1) is 0 Å². The maximum atomic E-state index is 5.40. The van der Waals surface area contributed by atoms with E-state index in [0.29, 0.717) is 0 Å². The van der Waals surface area contributed by atoms with Crippen molar-refractivity contribution in [3.05, 3.63) is 0 Å². The Kier molecular flexibility index (Phi) is 14.9. The highest BCUT2D eigenvalue weighted by atomic mass is 35.5. The van der Waals surface area contributed by atoms with Crippen molar-refractivity contribution >= 4 is 24.0 Å². The van der Waals surface area contributed by atoms with Crippen molar-refractivity contribution in [1.29, 1.82) is 0 Å². The second-order valence-corrected chi connectivity index (χ2v) is 1.92. The number of nitrogens with two attached hydrogens (primary N) is 1. The molecule has 0 atom stereocenters. The Morgan fingerprint density at radius 3 is 2.12 bits per heavy atom. The molecule has 0 aliphatic carbocycles. The molecule has 3 heteroatoms. The van der Waals surface area contributed by atoms with Crippen molar-refractivity contribution < 1.29 is 0 Å². The largest absolute Gasteiger partial charge is 0.330 e. The first-order valence-electron chi connectivity index (χ1n) is 2.68. The maximum Gasteiger partial charge on any atom is 0.0223 e. The van der Waals surface area contributed by atoms with E-state index in [-0.39, 0.29) is 12.4 Å².